The summed E-state index contributed by atoms with van der Waals surface area (Å²) in [6.45, 7) is 0. The second-order valence-electron chi connectivity index (χ2n) is 3.27. The number of rotatable bonds is 5. The highest BCUT2D eigenvalue weighted by atomic mass is 32.1. The van der Waals surface area contributed by atoms with E-state index < -0.39 is 24.0 Å². The lowest BCUT2D eigenvalue weighted by Gasteiger charge is -2.14. The Morgan fingerprint density at radius 3 is 1.80 bits per heavy atom. The molecule has 1 atom stereocenters. The quantitative estimate of drug-likeness (QED) is 0.420. The van der Waals surface area contributed by atoms with Gasteiger partial charge in [0, 0.05) is 6.42 Å². The van der Waals surface area contributed by atoms with Gasteiger partial charge in [-0.1, -0.05) is 12.8 Å². The van der Waals surface area contributed by atoms with Crippen molar-refractivity contribution in [2.24, 2.45) is 0 Å². The van der Waals surface area contributed by atoms with Crippen LogP contribution in [0.3, 0.4) is 0 Å². The van der Waals surface area contributed by atoms with Crippen LogP contribution in [0.25, 0.3) is 0 Å². The maximum atomic E-state index is 11.9. The molecule has 1 unspecified atom stereocenters. The number of halogens is 6. The van der Waals surface area contributed by atoms with E-state index in [-0.39, 0.29) is 25.7 Å². The first-order valence-electron chi connectivity index (χ1n) is 4.44. The Balaban J connectivity index is 3.48. The molecule has 0 aromatic rings. The van der Waals surface area contributed by atoms with Gasteiger partial charge in [0.15, 0.2) is 0 Å². The molecule has 0 bridgehead atoms. The molecule has 0 fully saturated rings. The molecule has 0 spiro atoms. The molecule has 7 heteroatoms. The third-order valence-electron chi connectivity index (χ3n) is 1.82. The first-order valence-corrected chi connectivity index (χ1v) is 4.96. The van der Waals surface area contributed by atoms with Crippen LogP contribution in [0.1, 0.15) is 32.1 Å². The van der Waals surface area contributed by atoms with Gasteiger partial charge in [-0.2, -0.15) is 39.0 Å². The Morgan fingerprint density at radius 2 is 1.40 bits per heavy atom. The Labute approximate surface area is 89.4 Å². The van der Waals surface area contributed by atoms with Gasteiger partial charge in [-0.3, -0.25) is 0 Å². The summed E-state index contributed by atoms with van der Waals surface area (Å²) in [5.41, 5.74) is 0. The van der Waals surface area contributed by atoms with E-state index in [1.165, 1.54) is 0 Å². The lowest BCUT2D eigenvalue weighted by molar-refractivity contribution is -0.136. The van der Waals surface area contributed by atoms with Gasteiger partial charge in [0.25, 0.3) is 0 Å². The van der Waals surface area contributed by atoms with E-state index in [2.05, 4.69) is 12.6 Å². The predicted molar refractivity (Wildman–Crippen MR) is 48.0 cm³/mol. The minimum absolute atomic E-state index is 0.115. The average Bonchev–Trinajstić information content (AvgIpc) is 1.99. The van der Waals surface area contributed by atoms with Crippen molar-refractivity contribution in [1.82, 2.24) is 0 Å². The largest absolute Gasteiger partial charge is 0.400 e. The Kier molecular flexibility index (Phi) is 5.84. The molecular weight excluding hydrogens is 242 g/mol. The van der Waals surface area contributed by atoms with E-state index in [1.54, 1.807) is 0 Å². The van der Waals surface area contributed by atoms with Gasteiger partial charge in [-0.05, 0) is 12.8 Å². The monoisotopic (exact) mass is 254 g/mol. The molecule has 0 N–H and O–H groups in total. The van der Waals surface area contributed by atoms with Gasteiger partial charge in [0.1, 0.15) is 0 Å². The summed E-state index contributed by atoms with van der Waals surface area (Å²) in [5.74, 6) is 0. The zero-order chi connectivity index (χ0) is 12.1. The molecule has 0 aromatic carbocycles. The second kappa shape index (κ2) is 5.86. The summed E-state index contributed by atoms with van der Waals surface area (Å²) in [6, 6.07) is 0. The van der Waals surface area contributed by atoms with Crippen LogP contribution < -0.4 is 0 Å². The summed E-state index contributed by atoms with van der Waals surface area (Å²) >= 11 is 3.32. The lowest BCUT2D eigenvalue weighted by atomic mass is 10.1. The van der Waals surface area contributed by atoms with Gasteiger partial charge in [0.05, 0.1) is 5.25 Å². The van der Waals surface area contributed by atoms with Crippen molar-refractivity contribution < 1.29 is 26.3 Å². The van der Waals surface area contributed by atoms with Gasteiger partial charge < -0.3 is 0 Å². The molecule has 0 aliphatic heterocycles. The second-order valence-corrected chi connectivity index (χ2v) is 3.90. The van der Waals surface area contributed by atoms with Crippen LogP contribution in [-0.4, -0.2) is 17.6 Å². The van der Waals surface area contributed by atoms with Crippen molar-refractivity contribution in [2.75, 3.05) is 0 Å². The van der Waals surface area contributed by atoms with Crippen molar-refractivity contribution >= 4 is 12.6 Å². The molecule has 0 saturated carbocycles. The molecular formula is C8H12F6S. The zero-order valence-electron chi connectivity index (χ0n) is 7.83. The SMILES string of the molecule is FC(F)(F)CCCCCC(S)C(F)(F)F. The van der Waals surface area contributed by atoms with E-state index in [1.807, 2.05) is 0 Å². The minimum Gasteiger partial charge on any atom is -0.171 e. The summed E-state index contributed by atoms with van der Waals surface area (Å²) in [6.07, 6.45) is -9.61. The van der Waals surface area contributed by atoms with Crippen LogP contribution in [0, 0.1) is 0 Å². The fraction of sp³-hybridized carbons (Fsp3) is 1.00. The topological polar surface area (TPSA) is 0 Å². The first kappa shape index (κ1) is 14.9. The van der Waals surface area contributed by atoms with Crippen molar-refractivity contribution in [1.29, 1.82) is 0 Å². The van der Waals surface area contributed by atoms with E-state index in [4.69, 9.17) is 0 Å². The molecule has 92 valence electrons. The van der Waals surface area contributed by atoms with Crippen molar-refractivity contribution in [3.05, 3.63) is 0 Å². The van der Waals surface area contributed by atoms with E-state index in [9.17, 15) is 26.3 Å². The van der Waals surface area contributed by atoms with Crippen LogP contribution in [0.15, 0.2) is 0 Å². The predicted octanol–water partition coefficient (Wildman–Crippen LogP) is 4.36. The van der Waals surface area contributed by atoms with Gasteiger partial charge in [-0.15, -0.1) is 0 Å². The Morgan fingerprint density at radius 1 is 0.867 bits per heavy atom. The number of thiol groups is 1. The molecule has 15 heavy (non-hydrogen) atoms. The van der Waals surface area contributed by atoms with Crippen molar-refractivity contribution in [2.45, 2.75) is 49.7 Å². The molecule has 0 saturated heterocycles. The third-order valence-corrected chi connectivity index (χ3v) is 2.37. The Bertz CT molecular complexity index is 173. The van der Waals surface area contributed by atoms with E-state index in [0.717, 1.165) is 0 Å². The number of hydrogen-bond acceptors (Lipinski definition) is 1. The van der Waals surface area contributed by atoms with Crippen molar-refractivity contribution in [3.8, 4) is 0 Å². The van der Waals surface area contributed by atoms with Crippen LogP contribution in [0.5, 0.6) is 0 Å². The Hall–Kier alpha value is -0.0700. The van der Waals surface area contributed by atoms with Crippen molar-refractivity contribution in [3.63, 3.8) is 0 Å². The lowest BCUT2D eigenvalue weighted by Crippen LogP contribution is -2.23. The smallest absolute Gasteiger partial charge is 0.171 e. The highest BCUT2D eigenvalue weighted by Crippen LogP contribution is 2.29. The minimum atomic E-state index is -4.37. The summed E-state index contributed by atoms with van der Waals surface area (Å²) < 4.78 is 70.6. The van der Waals surface area contributed by atoms with Crippen LogP contribution in [0.4, 0.5) is 26.3 Å². The molecule has 0 heterocycles. The van der Waals surface area contributed by atoms with Gasteiger partial charge in [0.2, 0.25) is 0 Å². The maximum Gasteiger partial charge on any atom is 0.400 e. The van der Waals surface area contributed by atoms with Crippen LogP contribution >= 0.6 is 12.6 Å². The van der Waals surface area contributed by atoms with E-state index in [0.29, 0.717) is 0 Å². The molecule has 0 aliphatic rings. The first-order chi connectivity index (χ1) is 6.63. The highest BCUT2D eigenvalue weighted by Gasteiger charge is 2.36. The normalized spacial score (nSPS) is 15.4. The molecule has 0 nitrogen and oxygen atoms in total. The van der Waals surface area contributed by atoms with E-state index >= 15 is 0 Å². The summed E-state index contributed by atoms with van der Waals surface area (Å²) in [5, 5.41) is -1.73. The average molecular weight is 254 g/mol. The summed E-state index contributed by atoms with van der Waals surface area (Å²) in [7, 11) is 0. The van der Waals surface area contributed by atoms with Gasteiger partial charge >= 0.3 is 12.4 Å². The van der Waals surface area contributed by atoms with Crippen LogP contribution in [0.2, 0.25) is 0 Å². The molecule has 0 rings (SSSR count). The van der Waals surface area contributed by atoms with Crippen LogP contribution in [-0.2, 0) is 0 Å². The fourth-order valence-electron chi connectivity index (χ4n) is 1.00. The maximum absolute atomic E-state index is 11.9. The number of hydrogen-bond donors (Lipinski definition) is 1. The molecule has 0 radical (unpaired) electrons. The highest BCUT2D eigenvalue weighted by molar-refractivity contribution is 7.81. The number of unbranched alkanes of at least 4 members (excludes halogenated alkanes) is 2. The standard InChI is InChI=1S/C8H12F6S/c9-7(10,11)5-3-1-2-4-6(15)8(12,13)14/h6,15H,1-5H2. The molecule has 0 amide bonds. The number of alkyl halides is 6. The zero-order valence-corrected chi connectivity index (χ0v) is 8.72. The molecule has 0 aliphatic carbocycles. The third kappa shape index (κ3) is 8.89. The molecule has 0 aromatic heterocycles. The fourth-order valence-corrected chi connectivity index (χ4v) is 1.19. The summed E-state index contributed by atoms with van der Waals surface area (Å²) in [4.78, 5) is 0. The van der Waals surface area contributed by atoms with Gasteiger partial charge in [-0.25, -0.2) is 0 Å².